The second-order valence-electron chi connectivity index (χ2n) is 6.90. The van der Waals surface area contributed by atoms with Crippen molar-refractivity contribution in [2.45, 2.75) is 25.4 Å². The van der Waals surface area contributed by atoms with Gasteiger partial charge in [0.05, 0.1) is 23.7 Å². The predicted molar refractivity (Wildman–Crippen MR) is 106 cm³/mol. The van der Waals surface area contributed by atoms with Crippen LogP contribution in [-0.4, -0.2) is 42.3 Å². The van der Waals surface area contributed by atoms with Crippen LogP contribution < -0.4 is 10.5 Å². The van der Waals surface area contributed by atoms with Gasteiger partial charge in [-0.05, 0) is 37.1 Å². The fraction of sp³-hybridized carbons (Fsp3) is 0.250. The first-order valence-electron chi connectivity index (χ1n) is 9.33. The highest BCUT2D eigenvalue weighted by atomic mass is 16.1. The van der Waals surface area contributed by atoms with Crippen LogP contribution in [0.2, 0.25) is 0 Å². The summed E-state index contributed by atoms with van der Waals surface area (Å²) in [5, 5.41) is 5.60. The standard InChI is InChI=1S/C20H19N7O/c28-18-4-3-17(14-5-8-21-9-6-14)25-27(18)12-15-2-1-11-26(15)20-16-7-10-22-19(16)23-13-24-20/h3-10,13,15H,1-2,11-12H2,(H,22,23,24). The van der Waals surface area contributed by atoms with Gasteiger partial charge >= 0.3 is 0 Å². The minimum Gasteiger partial charge on any atom is -0.351 e. The van der Waals surface area contributed by atoms with Gasteiger partial charge in [-0.3, -0.25) is 9.78 Å². The number of aromatic amines is 1. The fourth-order valence-electron chi connectivity index (χ4n) is 3.85. The number of anilines is 1. The van der Waals surface area contributed by atoms with Gasteiger partial charge in [0.25, 0.3) is 5.56 Å². The molecule has 5 heterocycles. The fourth-order valence-corrected chi connectivity index (χ4v) is 3.85. The minimum atomic E-state index is -0.0980. The van der Waals surface area contributed by atoms with Crippen molar-refractivity contribution < 1.29 is 0 Å². The Morgan fingerprint density at radius 1 is 1.11 bits per heavy atom. The maximum Gasteiger partial charge on any atom is 0.266 e. The topological polar surface area (TPSA) is 92.6 Å². The normalized spacial score (nSPS) is 16.7. The quantitative estimate of drug-likeness (QED) is 0.590. The molecule has 1 N–H and O–H groups in total. The van der Waals surface area contributed by atoms with Gasteiger partial charge in [0.1, 0.15) is 17.8 Å². The summed E-state index contributed by atoms with van der Waals surface area (Å²) in [6.07, 6.45) is 8.95. The predicted octanol–water partition coefficient (Wildman–Crippen LogP) is 2.25. The van der Waals surface area contributed by atoms with Crippen LogP contribution >= 0.6 is 0 Å². The van der Waals surface area contributed by atoms with Gasteiger partial charge in [-0.2, -0.15) is 5.10 Å². The van der Waals surface area contributed by atoms with Gasteiger partial charge < -0.3 is 9.88 Å². The maximum absolute atomic E-state index is 12.4. The summed E-state index contributed by atoms with van der Waals surface area (Å²) in [4.78, 5) is 30.7. The van der Waals surface area contributed by atoms with E-state index in [1.165, 1.54) is 0 Å². The van der Waals surface area contributed by atoms with Crippen LogP contribution in [0, 0.1) is 0 Å². The number of hydrogen-bond acceptors (Lipinski definition) is 6. The molecule has 5 rings (SSSR count). The molecule has 1 aliphatic rings. The summed E-state index contributed by atoms with van der Waals surface area (Å²) >= 11 is 0. The van der Waals surface area contributed by atoms with Gasteiger partial charge in [-0.1, -0.05) is 0 Å². The number of aromatic nitrogens is 6. The third kappa shape index (κ3) is 2.92. The lowest BCUT2D eigenvalue weighted by atomic mass is 10.2. The molecule has 0 aromatic carbocycles. The number of fused-ring (bicyclic) bond motifs is 1. The molecule has 1 fully saturated rings. The van der Waals surface area contributed by atoms with E-state index in [1.807, 2.05) is 24.4 Å². The summed E-state index contributed by atoms with van der Waals surface area (Å²) in [7, 11) is 0. The molecule has 1 atom stereocenters. The van der Waals surface area contributed by atoms with Crippen molar-refractivity contribution in [1.29, 1.82) is 0 Å². The van der Waals surface area contributed by atoms with Crippen LogP contribution in [0.15, 0.2) is 60.0 Å². The molecule has 0 spiro atoms. The molecule has 0 aliphatic carbocycles. The molecule has 1 saturated heterocycles. The summed E-state index contributed by atoms with van der Waals surface area (Å²) in [5.74, 6) is 0.909. The Balaban J connectivity index is 1.47. The molecule has 0 bridgehead atoms. The van der Waals surface area contributed by atoms with E-state index in [4.69, 9.17) is 0 Å². The van der Waals surface area contributed by atoms with E-state index in [9.17, 15) is 4.79 Å². The monoisotopic (exact) mass is 373 g/mol. The lowest BCUT2D eigenvalue weighted by molar-refractivity contribution is 0.489. The summed E-state index contributed by atoms with van der Waals surface area (Å²) in [6, 6.07) is 9.27. The summed E-state index contributed by atoms with van der Waals surface area (Å²) in [5.41, 5.74) is 2.43. The second-order valence-corrected chi connectivity index (χ2v) is 6.90. The van der Waals surface area contributed by atoms with Crippen LogP contribution in [0.4, 0.5) is 5.82 Å². The molecule has 1 aliphatic heterocycles. The SMILES string of the molecule is O=c1ccc(-c2ccncc2)nn1CC1CCCN1c1ncnc2[nH]ccc12. The molecule has 8 nitrogen and oxygen atoms in total. The number of nitrogens with zero attached hydrogens (tertiary/aromatic N) is 6. The molecular weight excluding hydrogens is 354 g/mol. The second kappa shape index (κ2) is 6.88. The molecule has 140 valence electrons. The first-order chi connectivity index (χ1) is 13.8. The molecule has 1 unspecified atom stereocenters. The zero-order chi connectivity index (χ0) is 18.9. The number of rotatable bonds is 4. The smallest absolute Gasteiger partial charge is 0.266 e. The van der Waals surface area contributed by atoms with Crippen molar-refractivity contribution in [1.82, 2.24) is 29.7 Å². The molecule has 0 radical (unpaired) electrons. The first kappa shape index (κ1) is 16.6. The Kier molecular flexibility index (Phi) is 4.08. The van der Waals surface area contributed by atoms with Crippen LogP contribution in [0.25, 0.3) is 22.3 Å². The van der Waals surface area contributed by atoms with E-state index >= 15 is 0 Å². The number of pyridine rings is 1. The largest absolute Gasteiger partial charge is 0.351 e. The Bertz CT molecular complexity index is 1170. The summed E-state index contributed by atoms with van der Waals surface area (Å²) in [6.45, 7) is 1.43. The van der Waals surface area contributed by atoms with E-state index in [1.54, 1.807) is 35.5 Å². The third-order valence-corrected chi connectivity index (χ3v) is 5.21. The molecule has 28 heavy (non-hydrogen) atoms. The average molecular weight is 373 g/mol. The third-order valence-electron chi connectivity index (χ3n) is 5.21. The maximum atomic E-state index is 12.4. The highest BCUT2D eigenvalue weighted by Gasteiger charge is 2.28. The van der Waals surface area contributed by atoms with E-state index in [0.717, 1.165) is 47.5 Å². The van der Waals surface area contributed by atoms with Crippen LogP contribution in [0.1, 0.15) is 12.8 Å². The molecule has 0 amide bonds. The lowest BCUT2D eigenvalue weighted by Gasteiger charge is -2.26. The van der Waals surface area contributed by atoms with Crippen molar-refractivity contribution in [3.8, 4) is 11.3 Å². The van der Waals surface area contributed by atoms with E-state index in [0.29, 0.717) is 6.54 Å². The zero-order valence-corrected chi connectivity index (χ0v) is 15.2. The molecule has 8 heteroatoms. The highest BCUT2D eigenvalue weighted by Crippen LogP contribution is 2.29. The lowest BCUT2D eigenvalue weighted by Crippen LogP contribution is -2.37. The Labute approximate surface area is 160 Å². The van der Waals surface area contributed by atoms with Gasteiger partial charge in [0, 0.05) is 36.8 Å². The Morgan fingerprint density at radius 2 is 2.00 bits per heavy atom. The average Bonchev–Trinajstić information content (AvgIpc) is 3.39. The van der Waals surface area contributed by atoms with E-state index in [-0.39, 0.29) is 11.6 Å². The number of H-pyrrole nitrogens is 1. The van der Waals surface area contributed by atoms with Crippen LogP contribution in [-0.2, 0) is 6.54 Å². The number of nitrogens with one attached hydrogen (secondary N) is 1. The van der Waals surface area contributed by atoms with Crippen molar-refractivity contribution in [2.24, 2.45) is 0 Å². The van der Waals surface area contributed by atoms with Crippen molar-refractivity contribution in [2.75, 3.05) is 11.4 Å². The Morgan fingerprint density at radius 3 is 2.89 bits per heavy atom. The van der Waals surface area contributed by atoms with E-state index < -0.39 is 0 Å². The summed E-state index contributed by atoms with van der Waals surface area (Å²) < 4.78 is 1.56. The van der Waals surface area contributed by atoms with Crippen molar-refractivity contribution in [3.05, 3.63) is 65.6 Å². The molecule has 4 aromatic rings. The molecule has 4 aromatic heterocycles. The zero-order valence-electron chi connectivity index (χ0n) is 15.2. The van der Waals surface area contributed by atoms with Gasteiger partial charge in [0.2, 0.25) is 0 Å². The van der Waals surface area contributed by atoms with Gasteiger partial charge in [-0.15, -0.1) is 0 Å². The Hall–Kier alpha value is -3.55. The molecular formula is C20H19N7O. The van der Waals surface area contributed by atoms with Crippen LogP contribution in [0.3, 0.4) is 0 Å². The van der Waals surface area contributed by atoms with Crippen LogP contribution in [0.5, 0.6) is 0 Å². The number of hydrogen-bond donors (Lipinski definition) is 1. The van der Waals surface area contributed by atoms with Gasteiger partial charge in [-0.25, -0.2) is 14.6 Å². The molecule has 0 saturated carbocycles. The van der Waals surface area contributed by atoms with E-state index in [2.05, 4.69) is 29.9 Å². The van der Waals surface area contributed by atoms with Gasteiger partial charge in [0.15, 0.2) is 0 Å². The first-order valence-corrected chi connectivity index (χ1v) is 9.33. The van der Waals surface area contributed by atoms with Crippen molar-refractivity contribution >= 4 is 16.9 Å². The minimum absolute atomic E-state index is 0.0980. The van der Waals surface area contributed by atoms with Crippen molar-refractivity contribution in [3.63, 3.8) is 0 Å². The highest BCUT2D eigenvalue weighted by molar-refractivity contribution is 5.87.